The highest BCUT2D eigenvalue weighted by Gasteiger charge is 2.14. The van der Waals surface area contributed by atoms with Gasteiger partial charge in [-0.25, -0.2) is 4.98 Å². The minimum Gasteiger partial charge on any atom is -0.292 e. The molecular weight excluding hydrogens is 272 g/mol. The van der Waals surface area contributed by atoms with E-state index in [4.69, 9.17) is 0 Å². The van der Waals surface area contributed by atoms with Gasteiger partial charge in [-0.15, -0.1) is 0 Å². The van der Waals surface area contributed by atoms with Crippen LogP contribution < -0.4 is 0 Å². The van der Waals surface area contributed by atoms with Crippen molar-refractivity contribution in [2.24, 2.45) is 0 Å². The van der Waals surface area contributed by atoms with Gasteiger partial charge in [-0.05, 0) is 23.6 Å². The number of nitrogens with zero attached hydrogens (tertiary/aromatic N) is 2. The molecule has 3 nitrogen and oxygen atoms in total. The molecule has 0 atom stereocenters. The van der Waals surface area contributed by atoms with Crippen molar-refractivity contribution in [3.63, 3.8) is 0 Å². The van der Waals surface area contributed by atoms with E-state index in [1.807, 2.05) is 49.4 Å². The zero-order valence-corrected chi connectivity index (χ0v) is 12.4. The number of hydrogen-bond donors (Lipinski definition) is 0. The van der Waals surface area contributed by atoms with Crippen molar-refractivity contribution in [3.8, 4) is 11.1 Å². The number of aryl methyl sites for hydroxylation is 1. The Morgan fingerprint density at radius 3 is 2.36 bits per heavy atom. The molecule has 0 N–H and O–H groups in total. The van der Waals surface area contributed by atoms with E-state index in [9.17, 15) is 4.79 Å². The normalized spacial score (nSPS) is 10.4. The summed E-state index contributed by atoms with van der Waals surface area (Å²) in [5.74, 6) is -0.00557. The SMILES string of the molecule is Cc1nccnc1C(=O)Cc1ccccc1-c1ccccc1. The van der Waals surface area contributed by atoms with E-state index in [2.05, 4.69) is 22.1 Å². The Morgan fingerprint density at radius 1 is 0.909 bits per heavy atom. The molecule has 22 heavy (non-hydrogen) atoms. The lowest BCUT2D eigenvalue weighted by atomic mass is 9.95. The topological polar surface area (TPSA) is 42.9 Å². The number of aromatic nitrogens is 2. The zero-order chi connectivity index (χ0) is 15.4. The minimum atomic E-state index is -0.00557. The molecule has 0 unspecified atom stereocenters. The van der Waals surface area contributed by atoms with Gasteiger partial charge in [0.1, 0.15) is 5.69 Å². The van der Waals surface area contributed by atoms with Gasteiger partial charge in [0.15, 0.2) is 5.78 Å². The number of rotatable bonds is 4. The van der Waals surface area contributed by atoms with Gasteiger partial charge in [0.05, 0.1) is 5.69 Å². The monoisotopic (exact) mass is 288 g/mol. The first kappa shape index (κ1) is 14.1. The molecule has 0 bridgehead atoms. The van der Waals surface area contributed by atoms with Gasteiger partial charge in [0, 0.05) is 18.8 Å². The second kappa shape index (κ2) is 6.31. The molecule has 3 rings (SSSR count). The summed E-state index contributed by atoms with van der Waals surface area (Å²) >= 11 is 0. The average molecular weight is 288 g/mol. The molecule has 3 heteroatoms. The lowest BCUT2D eigenvalue weighted by molar-refractivity contribution is 0.0987. The van der Waals surface area contributed by atoms with Gasteiger partial charge >= 0.3 is 0 Å². The molecule has 0 aliphatic rings. The van der Waals surface area contributed by atoms with Crippen molar-refractivity contribution in [2.75, 3.05) is 0 Å². The van der Waals surface area contributed by atoms with E-state index in [1.54, 1.807) is 12.4 Å². The predicted molar refractivity (Wildman–Crippen MR) is 86.7 cm³/mol. The van der Waals surface area contributed by atoms with Crippen LogP contribution in [0.3, 0.4) is 0 Å². The first-order valence-corrected chi connectivity index (χ1v) is 7.20. The Bertz CT molecular complexity index is 797. The third-order valence-corrected chi connectivity index (χ3v) is 3.60. The lowest BCUT2D eigenvalue weighted by Gasteiger charge is -2.09. The van der Waals surface area contributed by atoms with Crippen molar-refractivity contribution in [1.82, 2.24) is 9.97 Å². The smallest absolute Gasteiger partial charge is 0.187 e. The third-order valence-electron chi connectivity index (χ3n) is 3.60. The Kier molecular flexibility index (Phi) is 4.05. The molecule has 3 aromatic rings. The Morgan fingerprint density at radius 2 is 1.59 bits per heavy atom. The number of benzene rings is 2. The molecule has 0 fully saturated rings. The van der Waals surface area contributed by atoms with Gasteiger partial charge in [0.2, 0.25) is 0 Å². The van der Waals surface area contributed by atoms with Crippen LogP contribution in [0.25, 0.3) is 11.1 Å². The number of hydrogen-bond acceptors (Lipinski definition) is 3. The van der Waals surface area contributed by atoms with Gasteiger partial charge in [-0.3, -0.25) is 9.78 Å². The van der Waals surface area contributed by atoms with Crippen LogP contribution in [0.4, 0.5) is 0 Å². The highest BCUT2D eigenvalue weighted by Crippen LogP contribution is 2.24. The summed E-state index contributed by atoms with van der Waals surface area (Å²) in [4.78, 5) is 20.8. The number of carbonyl (C=O) groups is 1. The van der Waals surface area contributed by atoms with Crippen molar-refractivity contribution < 1.29 is 4.79 Å². The van der Waals surface area contributed by atoms with Gasteiger partial charge in [-0.2, -0.15) is 0 Å². The van der Waals surface area contributed by atoms with Crippen LogP contribution in [0.15, 0.2) is 67.0 Å². The maximum atomic E-state index is 12.5. The van der Waals surface area contributed by atoms with E-state index in [1.165, 1.54) is 0 Å². The van der Waals surface area contributed by atoms with Crippen LogP contribution in [-0.4, -0.2) is 15.8 Å². The van der Waals surface area contributed by atoms with Crippen LogP contribution in [0.2, 0.25) is 0 Å². The highest BCUT2D eigenvalue weighted by atomic mass is 16.1. The molecule has 0 amide bonds. The van der Waals surface area contributed by atoms with Crippen LogP contribution >= 0.6 is 0 Å². The van der Waals surface area contributed by atoms with Crippen LogP contribution in [0, 0.1) is 6.92 Å². The van der Waals surface area contributed by atoms with E-state index in [-0.39, 0.29) is 5.78 Å². The zero-order valence-electron chi connectivity index (χ0n) is 12.4. The number of Topliss-reactive ketones (excluding diaryl/α,β-unsaturated/α-hetero) is 1. The first-order valence-electron chi connectivity index (χ1n) is 7.20. The summed E-state index contributed by atoms with van der Waals surface area (Å²) in [7, 11) is 0. The Balaban J connectivity index is 1.94. The standard InChI is InChI=1S/C19H16N2O/c1-14-19(21-12-11-20-14)18(22)13-16-9-5-6-10-17(16)15-7-3-2-4-8-15/h2-12H,13H2,1H3. The second-order valence-corrected chi connectivity index (χ2v) is 5.11. The summed E-state index contributed by atoms with van der Waals surface area (Å²) < 4.78 is 0. The molecule has 0 saturated heterocycles. The first-order chi connectivity index (χ1) is 10.8. The summed E-state index contributed by atoms with van der Waals surface area (Å²) in [6.07, 6.45) is 3.48. The highest BCUT2D eigenvalue weighted by molar-refractivity contribution is 5.97. The molecule has 1 aromatic heterocycles. The maximum Gasteiger partial charge on any atom is 0.187 e. The molecule has 0 aliphatic heterocycles. The Hall–Kier alpha value is -2.81. The largest absolute Gasteiger partial charge is 0.292 e. The fraction of sp³-hybridized carbons (Fsp3) is 0.105. The summed E-state index contributed by atoms with van der Waals surface area (Å²) in [5, 5.41) is 0. The molecule has 0 aliphatic carbocycles. The van der Waals surface area contributed by atoms with E-state index >= 15 is 0 Å². The van der Waals surface area contributed by atoms with E-state index in [0.29, 0.717) is 17.8 Å². The fourth-order valence-electron chi connectivity index (χ4n) is 2.51. The molecular formula is C19H16N2O. The van der Waals surface area contributed by atoms with Crippen molar-refractivity contribution in [2.45, 2.75) is 13.3 Å². The molecule has 2 aromatic carbocycles. The van der Waals surface area contributed by atoms with Crippen LogP contribution in [-0.2, 0) is 6.42 Å². The summed E-state index contributed by atoms with van der Waals surface area (Å²) in [6.45, 7) is 1.81. The molecule has 0 radical (unpaired) electrons. The molecule has 1 heterocycles. The summed E-state index contributed by atoms with van der Waals surface area (Å²) in [5.41, 5.74) is 4.32. The lowest BCUT2D eigenvalue weighted by Crippen LogP contribution is -2.09. The Labute approximate surface area is 129 Å². The van der Waals surface area contributed by atoms with Crippen molar-refractivity contribution in [3.05, 3.63) is 83.9 Å². The van der Waals surface area contributed by atoms with Gasteiger partial charge in [-0.1, -0.05) is 54.6 Å². The number of carbonyl (C=O) groups excluding carboxylic acids is 1. The molecule has 108 valence electrons. The third kappa shape index (κ3) is 2.93. The summed E-state index contributed by atoms with van der Waals surface area (Å²) in [6, 6.07) is 18.1. The predicted octanol–water partition coefficient (Wildman–Crippen LogP) is 3.88. The van der Waals surface area contributed by atoms with E-state index in [0.717, 1.165) is 16.7 Å². The minimum absolute atomic E-state index is 0.00557. The maximum absolute atomic E-state index is 12.5. The van der Waals surface area contributed by atoms with Crippen molar-refractivity contribution >= 4 is 5.78 Å². The molecule has 0 saturated carbocycles. The second-order valence-electron chi connectivity index (χ2n) is 5.11. The average Bonchev–Trinajstić information content (AvgIpc) is 2.56. The van der Waals surface area contributed by atoms with Crippen LogP contribution in [0.1, 0.15) is 21.7 Å². The van der Waals surface area contributed by atoms with Crippen molar-refractivity contribution in [1.29, 1.82) is 0 Å². The van der Waals surface area contributed by atoms with Gasteiger partial charge in [0.25, 0.3) is 0 Å². The van der Waals surface area contributed by atoms with Crippen LogP contribution in [0.5, 0.6) is 0 Å². The van der Waals surface area contributed by atoms with E-state index < -0.39 is 0 Å². The number of ketones is 1. The molecule has 0 spiro atoms. The van der Waals surface area contributed by atoms with Gasteiger partial charge < -0.3 is 0 Å². The fourth-order valence-corrected chi connectivity index (χ4v) is 2.51. The quantitative estimate of drug-likeness (QED) is 0.684.